The molecule has 2 nitrogen and oxygen atoms in total. The number of hydrogen-bond donors (Lipinski definition) is 1. The number of carboxylic acids is 1. The Kier molecular flexibility index (Phi) is 3.44. The van der Waals surface area contributed by atoms with E-state index < -0.39 is 5.97 Å². The lowest BCUT2D eigenvalue weighted by Crippen LogP contribution is -2.04. The van der Waals surface area contributed by atoms with Crippen LogP contribution in [0.3, 0.4) is 0 Å². The predicted octanol–water partition coefficient (Wildman–Crippen LogP) is 4.44. The molecule has 0 heterocycles. The lowest BCUT2D eigenvalue weighted by atomic mass is 9.93. The van der Waals surface area contributed by atoms with Gasteiger partial charge in [0, 0.05) is 0 Å². The maximum atomic E-state index is 11.5. The van der Waals surface area contributed by atoms with Gasteiger partial charge in [0.05, 0.1) is 5.56 Å². The van der Waals surface area contributed by atoms with Crippen LogP contribution in [0, 0.1) is 6.92 Å². The zero-order chi connectivity index (χ0) is 14.8. The second-order valence-electron chi connectivity index (χ2n) is 5.28. The number of carboxylic acid groups (broad SMARTS) is 1. The fraction of sp³-hybridized carbons (Fsp3) is 0.105. The molecule has 0 bridgehead atoms. The van der Waals surface area contributed by atoms with E-state index in [2.05, 4.69) is 24.3 Å². The van der Waals surface area contributed by atoms with Gasteiger partial charge in [-0.3, -0.25) is 0 Å². The fourth-order valence-corrected chi connectivity index (χ4v) is 2.64. The Bertz CT molecular complexity index is 801. The minimum atomic E-state index is -0.872. The fourth-order valence-electron chi connectivity index (χ4n) is 2.64. The van der Waals surface area contributed by atoms with Crippen molar-refractivity contribution < 1.29 is 9.90 Å². The van der Waals surface area contributed by atoms with E-state index in [1.165, 1.54) is 5.56 Å². The lowest BCUT2D eigenvalue weighted by Gasteiger charge is -2.11. The van der Waals surface area contributed by atoms with Gasteiger partial charge in [0.2, 0.25) is 0 Å². The van der Waals surface area contributed by atoms with Crippen molar-refractivity contribution in [1.82, 2.24) is 0 Å². The number of rotatable bonds is 3. The van der Waals surface area contributed by atoms with Crippen molar-refractivity contribution in [3.8, 4) is 0 Å². The number of aryl methyl sites for hydroxylation is 1. The summed E-state index contributed by atoms with van der Waals surface area (Å²) in [7, 11) is 0. The molecule has 3 rings (SSSR count). The molecule has 0 aliphatic heterocycles. The molecular weight excluding hydrogens is 260 g/mol. The standard InChI is InChI=1S/C19H16O2/c1-13-6-8-14(9-7-13)12-18-16-5-3-2-4-15(16)10-11-17(18)19(20)21/h2-11H,12H2,1H3,(H,20,21). The quantitative estimate of drug-likeness (QED) is 0.768. The summed E-state index contributed by atoms with van der Waals surface area (Å²) in [5, 5.41) is 11.5. The molecule has 3 aromatic carbocycles. The van der Waals surface area contributed by atoms with Gasteiger partial charge in [-0.15, -0.1) is 0 Å². The van der Waals surface area contributed by atoms with Crippen LogP contribution in [0.5, 0.6) is 0 Å². The average molecular weight is 276 g/mol. The van der Waals surface area contributed by atoms with E-state index in [1.807, 2.05) is 37.3 Å². The maximum absolute atomic E-state index is 11.5. The van der Waals surface area contributed by atoms with E-state index >= 15 is 0 Å². The van der Waals surface area contributed by atoms with Gasteiger partial charge < -0.3 is 5.11 Å². The van der Waals surface area contributed by atoms with E-state index in [0.717, 1.165) is 21.9 Å². The van der Waals surface area contributed by atoms with Crippen molar-refractivity contribution in [2.24, 2.45) is 0 Å². The van der Waals surface area contributed by atoms with Gasteiger partial charge in [-0.05, 0) is 41.3 Å². The molecule has 104 valence electrons. The van der Waals surface area contributed by atoms with Crippen LogP contribution in [-0.2, 0) is 6.42 Å². The van der Waals surface area contributed by atoms with E-state index in [0.29, 0.717) is 12.0 Å². The number of benzene rings is 3. The van der Waals surface area contributed by atoms with Crippen molar-refractivity contribution >= 4 is 16.7 Å². The molecule has 21 heavy (non-hydrogen) atoms. The Morgan fingerprint density at radius 1 is 0.952 bits per heavy atom. The summed E-state index contributed by atoms with van der Waals surface area (Å²) in [4.78, 5) is 11.5. The van der Waals surface area contributed by atoms with E-state index in [-0.39, 0.29) is 0 Å². The molecule has 0 spiro atoms. The molecule has 0 atom stereocenters. The zero-order valence-corrected chi connectivity index (χ0v) is 11.8. The highest BCUT2D eigenvalue weighted by atomic mass is 16.4. The van der Waals surface area contributed by atoms with Gasteiger partial charge in [-0.1, -0.05) is 60.2 Å². The van der Waals surface area contributed by atoms with Crippen molar-refractivity contribution in [1.29, 1.82) is 0 Å². The van der Waals surface area contributed by atoms with E-state index in [9.17, 15) is 9.90 Å². The third-order valence-electron chi connectivity index (χ3n) is 3.77. The van der Waals surface area contributed by atoms with E-state index in [1.54, 1.807) is 6.07 Å². The Morgan fingerprint density at radius 2 is 1.67 bits per heavy atom. The molecule has 1 N–H and O–H groups in total. The highest BCUT2D eigenvalue weighted by Crippen LogP contribution is 2.25. The molecule has 0 saturated heterocycles. The average Bonchev–Trinajstić information content (AvgIpc) is 2.49. The van der Waals surface area contributed by atoms with Crippen molar-refractivity contribution in [3.05, 3.63) is 82.9 Å². The van der Waals surface area contributed by atoms with Crippen molar-refractivity contribution in [2.45, 2.75) is 13.3 Å². The van der Waals surface area contributed by atoms with Crippen molar-refractivity contribution in [3.63, 3.8) is 0 Å². The Balaban J connectivity index is 2.16. The van der Waals surface area contributed by atoms with Crippen LogP contribution < -0.4 is 0 Å². The summed E-state index contributed by atoms with van der Waals surface area (Å²) in [5.41, 5.74) is 3.59. The van der Waals surface area contributed by atoms with Crippen LogP contribution in [0.1, 0.15) is 27.0 Å². The topological polar surface area (TPSA) is 37.3 Å². The molecule has 0 unspecified atom stereocenters. The first-order valence-corrected chi connectivity index (χ1v) is 6.94. The Hall–Kier alpha value is -2.61. The highest BCUT2D eigenvalue weighted by Gasteiger charge is 2.13. The first-order chi connectivity index (χ1) is 10.1. The van der Waals surface area contributed by atoms with Gasteiger partial charge in [-0.25, -0.2) is 4.79 Å². The molecule has 0 aromatic heterocycles. The number of carbonyl (C=O) groups is 1. The summed E-state index contributed by atoms with van der Waals surface area (Å²) < 4.78 is 0. The van der Waals surface area contributed by atoms with Crippen LogP contribution in [-0.4, -0.2) is 11.1 Å². The smallest absolute Gasteiger partial charge is 0.335 e. The monoisotopic (exact) mass is 276 g/mol. The van der Waals surface area contributed by atoms with Crippen LogP contribution in [0.15, 0.2) is 60.7 Å². The third-order valence-corrected chi connectivity index (χ3v) is 3.77. The summed E-state index contributed by atoms with van der Waals surface area (Å²) in [6.07, 6.45) is 0.628. The van der Waals surface area contributed by atoms with E-state index in [4.69, 9.17) is 0 Å². The van der Waals surface area contributed by atoms with Crippen LogP contribution >= 0.6 is 0 Å². The van der Waals surface area contributed by atoms with Crippen LogP contribution in [0.2, 0.25) is 0 Å². The molecular formula is C19H16O2. The summed E-state index contributed by atoms with van der Waals surface area (Å²) in [6, 6.07) is 19.7. The Morgan fingerprint density at radius 3 is 2.38 bits per heavy atom. The molecule has 3 aromatic rings. The minimum absolute atomic E-state index is 0.384. The van der Waals surface area contributed by atoms with Gasteiger partial charge >= 0.3 is 5.97 Å². The third kappa shape index (κ3) is 2.65. The summed E-state index contributed by atoms with van der Waals surface area (Å²) >= 11 is 0. The van der Waals surface area contributed by atoms with Crippen LogP contribution in [0.4, 0.5) is 0 Å². The molecule has 2 heteroatoms. The molecule has 0 aliphatic rings. The molecule has 0 radical (unpaired) electrons. The van der Waals surface area contributed by atoms with Crippen LogP contribution in [0.25, 0.3) is 10.8 Å². The number of fused-ring (bicyclic) bond motifs is 1. The molecule has 0 aliphatic carbocycles. The minimum Gasteiger partial charge on any atom is -0.478 e. The van der Waals surface area contributed by atoms with Crippen molar-refractivity contribution in [2.75, 3.05) is 0 Å². The largest absolute Gasteiger partial charge is 0.478 e. The van der Waals surface area contributed by atoms with Gasteiger partial charge in [0.1, 0.15) is 0 Å². The first-order valence-electron chi connectivity index (χ1n) is 6.94. The first kappa shape index (κ1) is 13.4. The maximum Gasteiger partial charge on any atom is 0.335 e. The van der Waals surface area contributed by atoms with Gasteiger partial charge in [0.25, 0.3) is 0 Å². The summed E-state index contributed by atoms with van der Waals surface area (Å²) in [5.74, 6) is -0.872. The summed E-state index contributed by atoms with van der Waals surface area (Å²) in [6.45, 7) is 2.05. The SMILES string of the molecule is Cc1ccc(Cc2c(C(=O)O)ccc3ccccc23)cc1. The number of aromatic carboxylic acids is 1. The zero-order valence-electron chi connectivity index (χ0n) is 11.8. The normalized spacial score (nSPS) is 10.7. The second kappa shape index (κ2) is 5.41. The molecule has 0 fully saturated rings. The Labute approximate surface area is 123 Å². The highest BCUT2D eigenvalue weighted by molar-refractivity contribution is 5.98. The number of hydrogen-bond acceptors (Lipinski definition) is 1. The molecule has 0 amide bonds. The second-order valence-corrected chi connectivity index (χ2v) is 5.28. The lowest BCUT2D eigenvalue weighted by molar-refractivity contribution is 0.0696. The predicted molar refractivity (Wildman–Crippen MR) is 84.9 cm³/mol. The molecule has 0 saturated carbocycles. The van der Waals surface area contributed by atoms with Gasteiger partial charge in [-0.2, -0.15) is 0 Å². The van der Waals surface area contributed by atoms with Gasteiger partial charge in [0.15, 0.2) is 0 Å².